The Morgan fingerprint density at radius 2 is 1.56 bits per heavy atom. The summed E-state index contributed by atoms with van der Waals surface area (Å²) >= 11 is -0.0184. The van der Waals surface area contributed by atoms with Gasteiger partial charge in [0.15, 0.2) is 0 Å². The highest BCUT2D eigenvalue weighted by Gasteiger charge is 2.19. The molecule has 0 saturated heterocycles. The molecule has 2 nitrogen and oxygen atoms in total. The quantitative estimate of drug-likeness (QED) is 0.243. The maximum atomic E-state index is 6.29. The molecule has 0 spiro atoms. The van der Waals surface area contributed by atoms with Gasteiger partial charge in [-0.05, 0) is 33.2 Å². The Hall–Kier alpha value is -2.66. The second-order valence-electron chi connectivity index (χ2n) is 6.87. The largest absolute Gasteiger partial charge is 0.455 e. The van der Waals surface area contributed by atoms with Gasteiger partial charge in [0.25, 0.3) is 0 Å². The molecule has 1 aliphatic heterocycles. The highest BCUT2D eigenvalue weighted by molar-refractivity contribution is 14.2. The Labute approximate surface area is 165 Å². The van der Waals surface area contributed by atoms with E-state index < -0.39 is 0 Å². The first-order valence-electron chi connectivity index (χ1n) is 8.89. The second-order valence-corrected chi connectivity index (χ2v) is 8.94. The van der Waals surface area contributed by atoms with E-state index >= 15 is 0 Å². The van der Waals surface area contributed by atoms with Crippen LogP contribution >= 0.6 is 20.7 Å². The van der Waals surface area contributed by atoms with E-state index in [0.29, 0.717) is 0 Å². The van der Waals surface area contributed by atoms with Crippen LogP contribution < -0.4 is 0 Å². The van der Waals surface area contributed by atoms with Crippen LogP contribution in [0.1, 0.15) is 16.9 Å². The number of fused-ring (bicyclic) bond motifs is 6. The topological polar surface area (TPSA) is 26.3 Å². The van der Waals surface area contributed by atoms with Crippen LogP contribution in [-0.2, 0) is 0 Å². The number of hydrogen-bond donors (Lipinski definition) is 0. The smallest absolute Gasteiger partial charge is 0.143 e. The van der Waals surface area contributed by atoms with Gasteiger partial charge in [0.05, 0.1) is 0 Å². The summed E-state index contributed by atoms with van der Waals surface area (Å²) in [5.41, 5.74) is 7.44. The average Bonchev–Trinajstić information content (AvgIpc) is 3.26. The van der Waals surface area contributed by atoms with E-state index in [2.05, 4.69) is 75.7 Å². The summed E-state index contributed by atoms with van der Waals surface area (Å²) in [4.78, 5) is 0. The molecule has 0 fully saturated rings. The maximum Gasteiger partial charge on any atom is 0.143 e. The molecule has 0 saturated carbocycles. The molecule has 0 bridgehead atoms. The molecule has 3 heteroatoms. The van der Waals surface area contributed by atoms with Gasteiger partial charge in [0.2, 0.25) is 0 Å². The van der Waals surface area contributed by atoms with Crippen LogP contribution in [-0.4, -0.2) is 4.01 Å². The minimum absolute atomic E-state index is 0.0184. The Morgan fingerprint density at radius 3 is 2.41 bits per heavy atom. The predicted octanol–water partition coefficient (Wildman–Crippen LogP) is 7.41. The van der Waals surface area contributed by atoms with E-state index in [9.17, 15) is 0 Å². The van der Waals surface area contributed by atoms with Crippen molar-refractivity contribution in [2.75, 3.05) is 0 Å². The highest BCUT2D eigenvalue weighted by atomic mass is 127. The zero-order valence-electron chi connectivity index (χ0n) is 14.6. The number of hydrogen-bond acceptors (Lipinski definition) is 2. The fourth-order valence-corrected chi connectivity index (χ4v) is 5.67. The van der Waals surface area contributed by atoms with E-state index in [1.54, 1.807) is 0 Å². The van der Waals surface area contributed by atoms with Gasteiger partial charge in [0.1, 0.15) is 22.5 Å². The minimum Gasteiger partial charge on any atom is -0.455 e. The first kappa shape index (κ1) is 15.4. The normalized spacial score (nSPS) is 13.4. The van der Waals surface area contributed by atoms with Crippen molar-refractivity contribution in [3.05, 3.63) is 75.6 Å². The van der Waals surface area contributed by atoms with Crippen LogP contribution in [0.3, 0.4) is 0 Å². The van der Waals surface area contributed by atoms with Gasteiger partial charge in [-0.1, -0.05) is 68.8 Å². The fourth-order valence-electron chi connectivity index (χ4n) is 3.92. The molecule has 3 heterocycles. The zero-order chi connectivity index (χ0) is 18.0. The van der Waals surface area contributed by atoms with Crippen LogP contribution in [0.5, 0.6) is 0 Å². The number of para-hydroxylation sites is 2. The van der Waals surface area contributed by atoms with Gasteiger partial charge in [-0.25, -0.2) is 0 Å². The molecular formula is C24H15IO2. The first-order valence-corrected chi connectivity index (χ1v) is 11.4. The Kier molecular flexibility index (Phi) is 3.23. The lowest BCUT2D eigenvalue weighted by Crippen LogP contribution is -1.82. The molecule has 3 aromatic carbocycles. The summed E-state index contributed by atoms with van der Waals surface area (Å²) in [7, 11) is 0. The van der Waals surface area contributed by atoms with E-state index in [4.69, 9.17) is 8.83 Å². The Bertz CT molecular complexity index is 1430. The van der Waals surface area contributed by atoms with E-state index in [0.717, 1.165) is 39.0 Å². The van der Waals surface area contributed by atoms with Gasteiger partial charge >= 0.3 is 0 Å². The molecule has 1 aliphatic rings. The van der Waals surface area contributed by atoms with Gasteiger partial charge in [-0.2, -0.15) is 0 Å². The molecule has 2 aromatic heterocycles. The third-order valence-corrected chi connectivity index (χ3v) is 6.94. The molecule has 0 atom stereocenters. The van der Waals surface area contributed by atoms with E-state index in [-0.39, 0.29) is 20.7 Å². The lowest BCUT2D eigenvalue weighted by Gasteiger charge is -2.04. The van der Waals surface area contributed by atoms with Crippen molar-refractivity contribution in [3.8, 4) is 11.1 Å². The van der Waals surface area contributed by atoms with Crippen molar-refractivity contribution in [2.45, 2.75) is 6.92 Å². The molecule has 0 aliphatic carbocycles. The van der Waals surface area contributed by atoms with Gasteiger partial charge in [-0.15, -0.1) is 0 Å². The SMILES string of the molecule is Cc1ccc2oc3c(-c4cccc5c6c(oc45)C=CI=C6)cccc3c2c1. The molecule has 0 amide bonds. The van der Waals surface area contributed by atoms with Crippen molar-refractivity contribution in [1.82, 2.24) is 0 Å². The van der Waals surface area contributed by atoms with Gasteiger partial charge < -0.3 is 8.83 Å². The fraction of sp³-hybridized carbons (Fsp3) is 0.0417. The molecule has 6 rings (SSSR count). The molecule has 130 valence electrons. The standard InChI is InChI=1S/C24H15IO2/c1-14-8-9-21-19(12-14)17-6-2-4-15(23(17)26-21)16-5-3-7-18-20-13-25-11-10-22(20)27-24(16)18/h2-13H,1H3. The van der Waals surface area contributed by atoms with Gasteiger partial charge in [-0.3, -0.25) is 0 Å². The van der Waals surface area contributed by atoms with Crippen LogP contribution in [0, 0.1) is 6.92 Å². The van der Waals surface area contributed by atoms with Gasteiger partial charge in [0, 0.05) is 32.8 Å². The van der Waals surface area contributed by atoms with Crippen LogP contribution in [0.2, 0.25) is 0 Å². The summed E-state index contributed by atoms with van der Waals surface area (Å²) < 4.78 is 17.1. The summed E-state index contributed by atoms with van der Waals surface area (Å²) in [5.74, 6) is 0.968. The second kappa shape index (κ2) is 5.67. The van der Waals surface area contributed by atoms with Crippen molar-refractivity contribution >= 4 is 63.7 Å². The van der Waals surface area contributed by atoms with Crippen molar-refractivity contribution in [1.29, 1.82) is 0 Å². The lowest BCUT2D eigenvalue weighted by molar-refractivity contribution is 0.604. The van der Waals surface area contributed by atoms with Crippen molar-refractivity contribution in [2.24, 2.45) is 0 Å². The summed E-state index contributed by atoms with van der Waals surface area (Å²) in [6, 6.07) is 19.1. The third kappa shape index (κ3) is 2.21. The lowest BCUT2D eigenvalue weighted by atomic mass is 9.99. The number of benzene rings is 3. The van der Waals surface area contributed by atoms with Crippen LogP contribution in [0.15, 0.2) is 67.5 Å². The van der Waals surface area contributed by atoms with E-state index in [1.165, 1.54) is 21.9 Å². The average molecular weight is 462 g/mol. The minimum atomic E-state index is -0.0184. The predicted molar refractivity (Wildman–Crippen MR) is 122 cm³/mol. The third-order valence-electron chi connectivity index (χ3n) is 5.18. The monoisotopic (exact) mass is 462 g/mol. The summed E-state index contributed by atoms with van der Waals surface area (Å²) in [6.45, 7) is 2.11. The van der Waals surface area contributed by atoms with Crippen LogP contribution in [0.25, 0.3) is 50.1 Å². The van der Waals surface area contributed by atoms with Crippen molar-refractivity contribution < 1.29 is 8.83 Å². The number of aryl methyl sites for hydroxylation is 1. The molecule has 0 N–H and O–H groups in total. The van der Waals surface area contributed by atoms with Crippen molar-refractivity contribution in [3.63, 3.8) is 0 Å². The summed E-state index contributed by atoms with van der Waals surface area (Å²) in [6.07, 6.45) is 2.12. The zero-order valence-corrected chi connectivity index (χ0v) is 16.8. The van der Waals surface area contributed by atoms with E-state index in [1.807, 2.05) is 0 Å². The van der Waals surface area contributed by atoms with Crippen LogP contribution in [0.4, 0.5) is 0 Å². The number of halogens is 1. The maximum absolute atomic E-state index is 6.29. The summed E-state index contributed by atoms with van der Waals surface area (Å²) in [5, 5.41) is 3.51. The molecular weight excluding hydrogens is 447 g/mol. The molecule has 0 radical (unpaired) electrons. The highest BCUT2D eigenvalue weighted by Crippen LogP contribution is 2.41. The Balaban J connectivity index is 1.71. The molecule has 0 unspecified atom stereocenters. The first-order chi connectivity index (χ1) is 13.3. The number of furan rings is 2. The molecule has 27 heavy (non-hydrogen) atoms. The Morgan fingerprint density at radius 1 is 0.778 bits per heavy atom. The number of rotatable bonds is 1. The molecule has 5 aromatic rings.